The number of benzene rings is 1. The Morgan fingerprint density at radius 2 is 2.05 bits per heavy atom. The zero-order valence-corrected chi connectivity index (χ0v) is 11.9. The average Bonchev–Trinajstić information content (AvgIpc) is 2.88. The second-order valence-corrected chi connectivity index (χ2v) is 6.81. The molecule has 110 valence electrons. The molecule has 7 heteroatoms. The molecule has 2 atom stereocenters. The van der Waals surface area contributed by atoms with E-state index in [2.05, 4.69) is 0 Å². The van der Waals surface area contributed by atoms with Gasteiger partial charge in [0.25, 0.3) is 0 Å². The van der Waals surface area contributed by atoms with Gasteiger partial charge in [-0.1, -0.05) is 30.3 Å². The van der Waals surface area contributed by atoms with Gasteiger partial charge in [0.1, 0.15) is 5.78 Å². The van der Waals surface area contributed by atoms with Crippen molar-refractivity contribution in [3.8, 4) is 0 Å². The molecular weight excluding hydrogens is 279 g/mol. The smallest absolute Gasteiger partial charge is 0.327 e. The van der Waals surface area contributed by atoms with Crippen LogP contribution in [0.4, 0.5) is 0 Å². The molecule has 1 aliphatic rings. The van der Waals surface area contributed by atoms with Gasteiger partial charge in [0.05, 0.1) is 6.04 Å². The van der Waals surface area contributed by atoms with Crippen molar-refractivity contribution in [1.82, 2.24) is 4.90 Å². The van der Waals surface area contributed by atoms with Crippen LogP contribution in [0.5, 0.6) is 0 Å². The van der Waals surface area contributed by atoms with E-state index in [0.717, 1.165) is 5.56 Å². The number of carbonyl (C=O) groups excluding carboxylic acids is 1. The van der Waals surface area contributed by atoms with Gasteiger partial charge < -0.3 is 20.4 Å². The largest absolute Gasteiger partial charge is 0.347 e. The molecule has 2 rings (SSSR count). The summed E-state index contributed by atoms with van der Waals surface area (Å²) in [5.41, 5.74) is 6.82. The fourth-order valence-electron chi connectivity index (χ4n) is 2.52. The van der Waals surface area contributed by atoms with E-state index >= 15 is 0 Å². The van der Waals surface area contributed by atoms with Crippen molar-refractivity contribution < 1.29 is 19.1 Å². The molecule has 0 radical (unpaired) electrons. The molecule has 0 aliphatic carbocycles. The first-order valence-electron chi connectivity index (χ1n) is 6.55. The second kappa shape index (κ2) is 6.06. The van der Waals surface area contributed by atoms with Crippen molar-refractivity contribution in [1.29, 1.82) is 0 Å². The van der Waals surface area contributed by atoms with Crippen molar-refractivity contribution >= 4 is 13.5 Å². The zero-order chi connectivity index (χ0) is 14.8. The molecule has 1 amide bonds. The number of amides is 1. The Kier molecular flexibility index (Phi) is 4.60. The number of carbonyl (C=O) groups is 1. The topological polar surface area (TPSA) is 104 Å². The minimum atomic E-state index is -4.30. The van der Waals surface area contributed by atoms with Crippen LogP contribution in [0.3, 0.4) is 0 Å². The highest BCUT2D eigenvalue weighted by Crippen LogP contribution is 2.47. The number of rotatable bonds is 4. The third-order valence-corrected chi connectivity index (χ3v) is 4.82. The standard InChI is InChI=1S/C13H19N2O4P/c14-11(9-10-5-2-1-3-6-10)13(16)15-8-4-7-12(15)20(17,18)19/h1-3,5-6,11-12H,4,7-9,14H2,(H2,17,18,19). The first kappa shape index (κ1) is 15.2. The number of nitrogens with two attached hydrogens (primary N) is 1. The van der Waals surface area contributed by atoms with Crippen LogP contribution in [0.1, 0.15) is 18.4 Å². The number of hydrogen-bond donors (Lipinski definition) is 3. The minimum Gasteiger partial charge on any atom is -0.327 e. The Morgan fingerprint density at radius 1 is 1.40 bits per heavy atom. The monoisotopic (exact) mass is 298 g/mol. The van der Waals surface area contributed by atoms with Crippen LogP contribution >= 0.6 is 7.60 Å². The van der Waals surface area contributed by atoms with Gasteiger partial charge in [-0.25, -0.2) is 0 Å². The molecule has 6 nitrogen and oxygen atoms in total. The maximum absolute atomic E-state index is 12.3. The highest BCUT2D eigenvalue weighted by molar-refractivity contribution is 7.52. The van der Waals surface area contributed by atoms with Crippen molar-refractivity contribution in [2.24, 2.45) is 5.73 Å². The second-order valence-electron chi connectivity index (χ2n) is 5.04. The molecule has 0 saturated carbocycles. The number of nitrogens with zero attached hydrogens (tertiary/aromatic N) is 1. The molecule has 0 spiro atoms. The van der Waals surface area contributed by atoms with Gasteiger partial charge in [-0.15, -0.1) is 0 Å². The van der Waals surface area contributed by atoms with Gasteiger partial charge in [0.2, 0.25) is 5.91 Å². The lowest BCUT2D eigenvalue weighted by molar-refractivity contribution is -0.132. The van der Waals surface area contributed by atoms with Gasteiger partial charge in [-0.2, -0.15) is 0 Å². The van der Waals surface area contributed by atoms with Crippen molar-refractivity contribution in [3.05, 3.63) is 35.9 Å². The quantitative estimate of drug-likeness (QED) is 0.709. The van der Waals surface area contributed by atoms with Gasteiger partial charge >= 0.3 is 7.60 Å². The molecule has 20 heavy (non-hydrogen) atoms. The van der Waals surface area contributed by atoms with E-state index in [0.29, 0.717) is 25.8 Å². The Labute approximate surface area is 117 Å². The fraction of sp³-hybridized carbons (Fsp3) is 0.462. The molecule has 4 N–H and O–H groups in total. The lowest BCUT2D eigenvalue weighted by Crippen LogP contribution is -2.46. The summed E-state index contributed by atoms with van der Waals surface area (Å²) in [6.45, 7) is 0.358. The van der Waals surface area contributed by atoms with Crippen molar-refractivity contribution in [2.45, 2.75) is 31.1 Å². The van der Waals surface area contributed by atoms with Gasteiger partial charge in [-0.05, 0) is 24.8 Å². The summed E-state index contributed by atoms with van der Waals surface area (Å²) in [5.74, 6) is -1.41. The molecular formula is C13H19N2O4P. The van der Waals surface area contributed by atoms with Gasteiger partial charge in [0.15, 0.2) is 0 Å². The van der Waals surface area contributed by atoms with Crippen LogP contribution in [-0.4, -0.2) is 39.0 Å². The zero-order valence-electron chi connectivity index (χ0n) is 11.1. The molecule has 1 aliphatic heterocycles. The van der Waals surface area contributed by atoms with Crippen LogP contribution < -0.4 is 5.73 Å². The maximum Gasteiger partial charge on any atom is 0.347 e. The predicted molar refractivity (Wildman–Crippen MR) is 74.9 cm³/mol. The summed E-state index contributed by atoms with van der Waals surface area (Å²) in [6.07, 6.45) is 1.29. The summed E-state index contributed by atoms with van der Waals surface area (Å²) < 4.78 is 11.4. The molecule has 1 heterocycles. The van der Waals surface area contributed by atoms with Crippen LogP contribution in [0, 0.1) is 0 Å². The Morgan fingerprint density at radius 3 is 2.65 bits per heavy atom. The van der Waals surface area contributed by atoms with E-state index in [-0.39, 0.29) is 5.91 Å². The number of hydrogen-bond acceptors (Lipinski definition) is 3. The van der Waals surface area contributed by atoms with E-state index in [1.165, 1.54) is 4.90 Å². The van der Waals surface area contributed by atoms with Gasteiger partial charge in [0, 0.05) is 6.54 Å². The minimum absolute atomic E-state index is 0.327. The lowest BCUT2D eigenvalue weighted by atomic mass is 10.1. The summed E-state index contributed by atoms with van der Waals surface area (Å²) >= 11 is 0. The van der Waals surface area contributed by atoms with Gasteiger partial charge in [-0.3, -0.25) is 9.36 Å². The first-order valence-corrected chi connectivity index (χ1v) is 8.23. The molecule has 1 aromatic carbocycles. The lowest BCUT2D eigenvalue weighted by Gasteiger charge is -2.27. The van der Waals surface area contributed by atoms with Crippen LogP contribution in [0.25, 0.3) is 0 Å². The number of likely N-dealkylation sites (tertiary alicyclic amines) is 1. The molecule has 0 aromatic heterocycles. The first-order chi connectivity index (χ1) is 9.39. The van der Waals surface area contributed by atoms with Crippen LogP contribution in [0.15, 0.2) is 30.3 Å². The van der Waals surface area contributed by atoms with E-state index in [1.54, 1.807) is 0 Å². The average molecular weight is 298 g/mol. The molecule has 1 aromatic rings. The summed E-state index contributed by atoms with van der Waals surface area (Å²) in [6, 6.07) is 8.57. The van der Waals surface area contributed by atoms with Crippen molar-refractivity contribution in [2.75, 3.05) is 6.54 Å². The Bertz CT molecular complexity index is 516. The normalized spacial score (nSPS) is 20.9. The summed E-state index contributed by atoms with van der Waals surface area (Å²) in [4.78, 5) is 32.1. The third kappa shape index (κ3) is 3.46. The van der Waals surface area contributed by atoms with Crippen molar-refractivity contribution in [3.63, 3.8) is 0 Å². The maximum atomic E-state index is 12.3. The summed E-state index contributed by atoms with van der Waals surface area (Å²) in [5, 5.41) is 0. The van der Waals surface area contributed by atoms with Crippen LogP contribution in [0.2, 0.25) is 0 Å². The highest BCUT2D eigenvalue weighted by atomic mass is 31.2. The van der Waals surface area contributed by atoms with E-state index in [1.807, 2.05) is 30.3 Å². The summed E-state index contributed by atoms with van der Waals surface area (Å²) in [7, 11) is -4.30. The van der Waals surface area contributed by atoms with Crippen LogP contribution in [-0.2, 0) is 15.8 Å². The molecule has 1 fully saturated rings. The molecule has 2 unspecified atom stereocenters. The van der Waals surface area contributed by atoms with E-state index < -0.39 is 19.4 Å². The molecule has 0 bridgehead atoms. The third-order valence-electron chi connectivity index (χ3n) is 3.51. The molecule has 1 saturated heterocycles. The van der Waals surface area contributed by atoms with E-state index in [4.69, 9.17) is 5.73 Å². The predicted octanol–water partition coefficient (Wildman–Crippen LogP) is 0.683. The SMILES string of the molecule is NC(Cc1ccccc1)C(=O)N1CCCC1P(=O)(O)O. The Hall–Kier alpha value is -1.20. The van der Waals surface area contributed by atoms with E-state index in [9.17, 15) is 19.1 Å². The highest BCUT2D eigenvalue weighted by Gasteiger charge is 2.41. The Balaban J connectivity index is 2.05. The fourth-order valence-corrected chi connectivity index (χ4v) is 3.64.